The maximum Gasteiger partial charge on any atom is 0.145 e. The highest BCUT2D eigenvalue weighted by Gasteiger charge is 2.23. The third-order valence-corrected chi connectivity index (χ3v) is 3.67. The lowest BCUT2D eigenvalue weighted by atomic mass is 10.0. The molecule has 110 valence electrons. The molecule has 2 unspecified atom stereocenters. The highest BCUT2D eigenvalue weighted by Crippen LogP contribution is 2.19. The Morgan fingerprint density at radius 1 is 1.45 bits per heavy atom. The summed E-state index contributed by atoms with van der Waals surface area (Å²) in [5.41, 5.74) is 2.00. The number of likely N-dealkylation sites (N-methyl/N-ethyl adjacent to an activating group) is 1. The zero-order chi connectivity index (χ0) is 14.5. The summed E-state index contributed by atoms with van der Waals surface area (Å²) in [7, 11) is 1.99. The highest BCUT2D eigenvalue weighted by molar-refractivity contribution is 6.30. The molecule has 20 heavy (non-hydrogen) atoms. The van der Waals surface area contributed by atoms with Crippen LogP contribution in [0.3, 0.4) is 0 Å². The lowest BCUT2D eigenvalue weighted by Gasteiger charge is -2.21. The predicted octanol–water partition coefficient (Wildman–Crippen LogP) is 2.54. The molecule has 5 heteroatoms. The highest BCUT2D eigenvalue weighted by atomic mass is 35.5. The smallest absolute Gasteiger partial charge is 0.145 e. The SMILES string of the molecule is CCC(O)CN(C)CC1CC(c2ccc(Cl)cc2)=NO1. The first-order valence-electron chi connectivity index (χ1n) is 6.93. The van der Waals surface area contributed by atoms with Crippen molar-refractivity contribution in [3.63, 3.8) is 0 Å². The summed E-state index contributed by atoms with van der Waals surface area (Å²) in [6.45, 7) is 3.40. The molecule has 0 saturated heterocycles. The second-order valence-corrected chi connectivity index (χ2v) is 5.70. The van der Waals surface area contributed by atoms with Crippen molar-refractivity contribution in [1.29, 1.82) is 0 Å². The van der Waals surface area contributed by atoms with Crippen LogP contribution in [-0.2, 0) is 4.84 Å². The van der Waals surface area contributed by atoms with E-state index in [1.54, 1.807) is 0 Å². The van der Waals surface area contributed by atoms with Gasteiger partial charge in [-0.1, -0.05) is 35.8 Å². The van der Waals surface area contributed by atoms with Gasteiger partial charge in [0.25, 0.3) is 0 Å². The molecule has 4 nitrogen and oxygen atoms in total. The zero-order valence-corrected chi connectivity index (χ0v) is 12.7. The first kappa shape index (κ1) is 15.3. The summed E-state index contributed by atoms with van der Waals surface area (Å²) in [5.74, 6) is 0. The van der Waals surface area contributed by atoms with Crippen molar-refractivity contribution in [3.05, 3.63) is 34.9 Å². The van der Waals surface area contributed by atoms with Crippen LogP contribution < -0.4 is 0 Å². The number of oxime groups is 1. The molecule has 1 heterocycles. The minimum absolute atomic E-state index is 0.0507. The van der Waals surface area contributed by atoms with Gasteiger partial charge < -0.3 is 14.8 Å². The van der Waals surface area contributed by atoms with E-state index in [0.717, 1.165) is 35.7 Å². The lowest BCUT2D eigenvalue weighted by Crippen LogP contribution is -2.35. The monoisotopic (exact) mass is 296 g/mol. The molecule has 1 aromatic carbocycles. The Morgan fingerprint density at radius 2 is 2.15 bits per heavy atom. The predicted molar refractivity (Wildman–Crippen MR) is 81.3 cm³/mol. The fourth-order valence-electron chi connectivity index (χ4n) is 2.25. The van der Waals surface area contributed by atoms with Gasteiger partial charge in [-0.15, -0.1) is 0 Å². The number of hydrogen-bond acceptors (Lipinski definition) is 4. The molecule has 0 radical (unpaired) electrons. The van der Waals surface area contributed by atoms with E-state index in [-0.39, 0.29) is 12.2 Å². The number of nitrogens with zero attached hydrogens (tertiary/aromatic N) is 2. The van der Waals surface area contributed by atoms with E-state index in [1.165, 1.54) is 0 Å². The van der Waals surface area contributed by atoms with Crippen molar-refractivity contribution in [1.82, 2.24) is 4.90 Å². The third kappa shape index (κ3) is 4.20. The van der Waals surface area contributed by atoms with Gasteiger partial charge in [0.15, 0.2) is 0 Å². The number of aliphatic hydroxyl groups is 1. The molecule has 2 atom stereocenters. The fourth-order valence-corrected chi connectivity index (χ4v) is 2.38. The maximum absolute atomic E-state index is 9.63. The second-order valence-electron chi connectivity index (χ2n) is 5.26. The summed E-state index contributed by atoms with van der Waals surface area (Å²) >= 11 is 5.88. The zero-order valence-electron chi connectivity index (χ0n) is 11.9. The van der Waals surface area contributed by atoms with Gasteiger partial charge in [-0.05, 0) is 31.2 Å². The maximum atomic E-state index is 9.63. The van der Waals surface area contributed by atoms with Crippen molar-refractivity contribution in [2.45, 2.75) is 32.0 Å². The van der Waals surface area contributed by atoms with E-state index in [0.29, 0.717) is 6.54 Å². The van der Waals surface area contributed by atoms with Crippen LogP contribution in [0, 0.1) is 0 Å². The number of benzene rings is 1. The molecule has 1 N–H and O–H groups in total. The Bertz CT molecular complexity index is 461. The Labute approximate surface area is 125 Å². The molecule has 1 aliphatic rings. The van der Waals surface area contributed by atoms with Crippen LogP contribution in [0.15, 0.2) is 29.4 Å². The molecular formula is C15H21ClN2O2. The van der Waals surface area contributed by atoms with Crippen LogP contribution in [0.1, 0.15) is 25.3 Å². The number of halogens is 1. The summed E-state index contributed by atoms with van der Waals surface area (Å²) in [4.78, 5) is 7.55. The van der Waals surface area contributed by atoms with Gasteiger partial charge in [-0.3, -0.25) is 0 Å². The van der Waals surface area contributed by atoms with Gasteiger partial charge >= 0.3 is 0 Å². The molecular weight excluding hydrogens is 276 g/mol. The summed E-state index contributed by atoms with van der Waals surface area (Å²) in [6.07, 6.45) is 1.32. The molecule has 0 spiro atoms. The molecule has 0 bridgehead atoms. The normalized spacial score (nSPS) is 19.9. The number of aliphatic hydroxyl groups excluding tert-OH is 1. The Morgan fingerprint density at radius 3 is 2.80 bits per heavy atom. The Kier molecular flexibility index (Phi) is 5.40. The van der Waals surface area contributed by atoms with E-state index < -0.39 is 0 Å². The van der Waals surface area contributed by atoms with Crippen molar-refractivity contribution in [2.75, 3.05) is 20.1 Å². The first-order chi connectivity index (χ1) is 9.58. The molecule has 1 aliphatic heterocycles. The second kappa shape index (κ2) is 7.07. The number of hydrogen-bond donors (Lipinski definition) is 1. The van der Waals surface area contributed by atoms with E-state index in [4.69, 9.17) is 16.4 Å². The van der Waals surface area contributed by atoms with Gasteiger partial charge in [-0.2, -0.15) is 0 Å². The van der Waals surface area contributed by atoms with Crippen molar-refractivity contribution in [3.8, 4) is 0 Å². The molecule has 1 aromatic rings. The van der Waals surface area contributed by atoms with Crippen LogP contribution in [0.2, 0.25) is 5.02 Å². The third-order valence-electron chi connectivity index (χ3n) is 3.42. The minimum atomic E-state index is -0.280. The van der Waals surface area contributed by atoms with E-state index in [1.807, 2.05) is 38.2 Å². The summed E-state index contributed by atoms with van der Waals surface area (Å²) in [5, 5.41) is 14.5. The minimum Gasteiger partial charge on any atom is -0.392 e. The molecule has 0 amide bonds. The van der Waals surface area contributed by atoms with Crippen LogP contribution in [-0.4, -0.2) is 48.1 Å². The summed E-state index contributed by atoms with van der Waals surface area (Å²) in [6, 6.07) is 7.63. The van der Waals surface area contributed by atoms with Crippen molar-refractivity contribution >= 4 is 17.3 Å². The van der Waals surface area contributed by atoms with Gasteiger partial charge in [0.1, 0.15) is 6.10 Å². The molecule has 2 rings (SSSR count). The van der Waals surface area contributed by atoms with Crippen molar-refractivity contribution < 1.29 is 9.94 Å². The van der Waals surface area contributed by atoms with Crippen LogP contribution in [0.4, 0.5) is 0 Å². The van der Waals surface area contributed by atoms with Gasteiger partial charge in [-0.25, -0.2) is 0 Å². The van der Waals surface area contributed by atoms with Gasteiger partial charge in [0.2, 0.25) is 0 Å². The van der Waals surface area contributed by atoms with Gasteiger partial charge in [0.05, 0.1) is 11.8 Å². The van der Waals surface area contributed by atoms with Crippen LogP contribution >= 0.6 is 11.6 Å². The standard InChI is InChI=1S/C15H21ClN2O2/c1-3-13(19)9-18(2)10-14-8-15(17-20-14)11-4-6-12(16)7-5-11/h4-7,13-14,19H,3,8-10H2,1-2H3. The lowest BCUT2D eigenvalue weighted by molar-refractivity contribution is 0.0436. The topological polar surface area (TPSA) is 45.1 Å². The van der Waals surface area contributed by atoms with E-state index in [9.17, 15) is 5.11 Å². The Hall–Kier alpha value is -1.10. The first-order valence-corrected chi connectivity index (χ1v) is 7.31. The Balaban J connectivity index is 1.84. The number of rotatable bonds is 6. The van der Waals surface area contributed by atoms with Crippen LogP contribution in [0.25, 0.3) is 0 Å². The molecule has 0 aliphatic carbocycles. The molecule has 0 saturated carbocycles. The molecule has 0 fully saturated rings. The summed E-state index contributed by atoms with van der Waals surface area (Å²) < 4.78 is 0. The van der Waals surface area contributed by atoms with Gasteiger partial charge in [0, 0.05) is 24.5 Å². The van der Waals surface area contributed by atoms with Crippen molar-refractivity contribution in [2.24, 2.45) is 5.16 Å². The van der Waals surface area contributed by atoms with E-state index >= 15 is 0 Å². The molecule has 0 aromatic heterocycles. The quantitative estimate of drug-likeness (QED) is 0.877. The fraction of sp³-hybridized carbons (Fsp3) is 0.533. The van der Waals surface area contributed by atoms with Crippen LogP contribution in [0.5, 0.6) is 0 Å². The average Bonchev–Trinajstić information content (AvgIpc) is 2.87. The largest absolute Gasteiger partial charge is 0.392 e. The van der Waals surface area contributed by atoms with E-state index in [2.05, 4.69) is 10.1 Å². The average molecular weight is 297 g/mol.